The van der Waals surface area contributed by atoms with Crippen LogP contribution in [0, 0.1) is 0 Å². The number of allylic oxidation sites excluding steroid dienone is 9. The molecular formula is C28H28O4S2. The molecule has 0 spiro atoms. The van der Waals surface area contributed by atoms with Crippen molar-refractivity contribution in [3.8, 4) is 11.5 Å². The van der Waals surface area contributed by atoms with Gasteiger partial charge in [0.1, 0.15) is 11.5 Å². The minimum Gasteiger partial charge on any atom is -0.457 e. The third kappa shape index (κ3) is 6.37. The van der Waals surface area contributed by atoms with Crippen molar-refractivity contribution in [3.63, 3.8) is 0 Å². The molecule has 0 N–H and O–H groups in total. The highest BCUT2D eigenvalue weighted by atomic mass is 32.2. The van der Waals surface area contributed by atoms with E-state index in [1.807, 2.05) is 25.2 Å². The molecule has 0 fully saturated rings. The van der Waals surface area contributed by atoms with Crippen LogP contribution in [0.2, 0.25) is 0 Å². The summed E-state index contributed by atoms with van der Waals surface area (Å²) in [6, 6.07) is 12.9. The zero-order valence-corrected chi connectivity index (χ0v) is 21.0. The second-order valence-corrected chi connectivity index (χ2v) is 12.5. The second kappa shape index (κ2) is 10.3. The van der Waals surface area contributed by atoms with Crippen LogP contribution in [0.1, 0.15) is 13.3 Å². The van der Waals surface area contributed by atoms with E-state index in [2.05, 4.69) is 25.1 Å². The predicted octanol–water partition coefficient (Wildman–Crippen LogP) is 6.42. The Morgan fingerprint density at radius 2 is 1.41 bits per heavy atom. The summed E-state index contributed by atoms with van der Waals surface area (Å²) < 4.78 is 43.6. The number of ether oxygens (including phenoxy) is 1. The summed E-state index contributed by atoms with van der Waals surface area (Å²) in [6.45, 7) is 9.81. The van der Waals surface area contributed by atoms with Crippen LogP contribution in [0.15, 0.2) is 130 Å². The molecule has 176 valence electrons. The normalized spacial score (nSPS) is 15.7. The lowest BCUT2D eigenvalue weighted by Crippen LogP contribution is -2.02. The Balaban J connectivity index is 1.68. The lowest BCUT2D eigenvalue weighted by atomic mass is 10.1. The standard InChI is InChI=1S/C28H28O4S2/c1-21-7-6-8-24(12-9-21)22(2)10-11-23(3)34(30,31)28-19-15-26(16-20-28)32-25-13-17-27(18-14-25)33(4,5)29/h7-20H,2-4,6H2,1,5H3/b11-10-. The predicted molar refractivity (Wildman–Crippen MR) is 143 cm³/mol. The van der Waals surface area contributed by atoms with Crippen molar-refractivity contribution in [2.75, 3.05) is 6.26 Å². The van der Waals surface area contributed by atoms with Gasteiger partial charge in [-0.05, 0) is 94.5 Å². The fourth-order valence-electron chi connectivity index (χ4n) is 3.12. The van der Waals surface area contributed by atoms with Gasteiger partial charge in [0.25, 0.3) is 0 Å². The average Bonchev–Trinajstić information content (AvgIpc) is 3.02. The van der Waals surface area contributed by atoms with Crippen molar-refractivity contribution in [1.82, 2.24) is 0 Å². The van der Waals surface area contributed by atoms with Crippen LogP contribution in [0.4, 0.5) is 0 Å². The van der Waals surface area contributed by atoms with E-state index in [1.54, 1.807) is 48.7 Å². The van der Waals surface area contributed by atoms with Crippen molar-refractivity contribution in [3.05, 3.63) is 120 Å². The van der Waals surface area contributed by atoms with Gasteiger partial charge >= 0.3 is 0 Å². The van der Waals surface area contributed by atoms with Gasteiger partial charge in [-0.2, -0.15) is 0 Å². The molecule has 0 amide bonds. The van der Waals surface area contributed by atoms with Gasteiger partial charge in [-0.3, -0.25) is 4.21 Å². The number of hydrogen-bond acceptors (Lipinski definition) is 4. The second-order valence-electron chi connectivity index (χ2n) is 8.05. The van der Waals surface area contributed by atoms with Crippen molar-refractivity contribution in [2.45, 2.75) is 23.1 Å². The largest absolute Gasteiger partial charge is 0.457 e. The Morgan fingerprint density at radius 3 is 1.97 bits per heavy atom. The zero-order valence-electron chi connectivity index (χ0n) is 19.4. The first kappa shape index (κ1) is 25.3. The summed E-state index contributed by atoms with van der Waals surface area (Å²) in [4.78, 5) is 0.724. The summed E-state index contributed by atoms with van der Waals surface area (Å²) in [6.07, 6.45) is 13.6. The van der Waals surface area contributed by atoms with Crippen molar-refractivity contribution in [2.24, 2.45) is 0 Å². The lowest BCUT2D eigenvalue weighted by Gasteiger charge is -2.09. The number of hydrogen-bond donors (Lipinski definition) is 0. The summed E-state index contributed by atoms with van der Waals surface area (Å²) in [5.74, 6) is 4.68. The highest BCUT2D eigenvalue weighted by Gasteiger charge is 2.17. The molecule has 2 aromatic rings. The van der Waals surface area contributed by atoms with Gasteiger partial charge in [0.05, 0.1) is 9.80 Å². The average molecular weight is 493 g/mol. The van der Waals surface area contributed by atoms with Crippen LogP contribution >= 0.6 is 0 Å². The first-order valence-corrected chi connectivity index (χ1v) is 14.2. The Kier molecular flexibility index (Phi) is 7.64. The van der Waals surface area contributed by atoms with Crippen LogP contribution in [0.25, 0.3) is 0 Å². The fourth-order valence-corrected chi connectivity index (χ4v) is 4.87. The molecule has 1 atom stereocenters. The lowest BCUT2D eigenvalue weighted by molar-refractivity contribution is 0.481. The molecule has 3 rings (SSSR count). The molecular weight excluding hydrogens is 464 g/mol. The molecule has 0 saturated carbocycles. The Morgan fingerprint density at radius 1 is 0.853 bits per heavy atom. The molecule has 1 aliphatic rings. The number of sulfone groups is 1. The van der Waals surface area contributed by atoms with E-state index in [0.29, 0.717) is 22.0 Å². The Hall–Kier alpha value is -3.35. The topological polar surface area (TPSA) is 60.4 Å². The summed E-state index contributed by atoms with van der Waals surface area (Å²) >= 11 is 0. The zero-order chi connectivity index (χ0) is 24.9. The molecule has 0 aliphatic heterocycles. The summed E-state index contributed by atoms with van der Waals surface area (Å²) in [7, 11) is -6.05. The van der Waals surface area contributed by atoms with Crippen LogP contribution in [0.3, 0.4) is 0 Å². The molecule has 0 radical (unpaired) electrons. The highest BCUT2D eigenvalue weighted by molar-refractivity contribution is 7.99. The molecule has 0 heterocycles. The molecule has 34 heavy (non-hydrogen) atoms. The van der Waals surface area contributed by atoms with Crippen LogP contribution in [-0.2, 0) is 19.4 Å². The monoisotopic (exact) mass is 492 g/mol. The van der Waals surface area contributed by atoms with Crippen LogP contribution in [-0.4, -0.2) is 24.8 Å². The quantitative estimate of drug-likeness (QED) is 0.315. The first-order valence-electron chi connectivity index (χ1n) is 10.5. The van der Waals surface area contributed by atoms with Crippen molar-refractivity contribution >= 4 is 25.2 Å². The van der Waals surface area contributed by atoms with E-state index < -0.39 is 19.4 Å². The van der Waals surface area contributed by atoms with Crippen LogP contribution < -0.4 is 4.74 Å². The van der Waals surface area contributed by atoms with Gasteiger partial charge in [0, 0.05) is 11.2 Å². The highest BCUT2D eigenvalue weighted by Crippen LogP contribution is 2.27. The van der Waals surface area contributed by atoms with E-state index in [9.17, 15) is 12.6 Å². The molecule has 2 aromatic carbocycles. The fraction of sp³-hybridized carbons (Fsp3) is 0.107. The molecule has 1 unspecified atom stereocenters. The minimum absolute atomic E-state index is 0.0262. The van der Waals surface area contributed by atoms with Gasteiger partial charge in [-0.25, -0.2) is 8.42 Å². The van der Waals surface area contributed by atoms with Gasteiger partial charge in [0.15, 0.2) is 0 Å². The molecule has 1 aliphatic carbocycles. The number of benzene rings is 2. The van der Waals surface area contributed by atoms with Gasteiger partial charge < -0.3 is 4.74 Å². The van der Waals surface area contributed by atoms with Gasteiger partial charge in [-0.1, -0.05) is 49.1 Å². The molecule has 4 nitrogen and oxygen atoms in total. The van der Waals surface area contributed by atoms with Crippen molar-refractivity contribution in [1.29, 1.82) is 0 Å². The molecule has 0 bridgehead atoms. The van der Waals surface area contributed by atoms with E-state index in [1.165, 1.54) is 23.8 Å². The molecule has 6 heteroatoms. The maximum absolute atomic E-state index is 12.9. The van der Waals surface area contributed by atoms with Crippen molar-refractivity contribution < 1.29 is 17.4 Å². The minimum atomic E-state index is -3.76. The van der Waals surface area contributed by atoms with E-state index in [4.69, 9.17) is 4.74 Å². The van der Waals surface area contributed by atoms with E-state index in [0.717, 1.165) is 12.0 Å². The molecule has 0 saturated heterocycles. The van der Waals surface area contributed by atoms with Gasteiger partial charge in [-0.15, -0.1) is 0 Å². The smallest absolute Gasteiger partial charge is 0.206 e. The maximum atomic E-state index is 12.9. The third-order valence-electron chi connectivity index (χ3n) is 5.18. The van der Waals surface area contributed by atoms with E-state index >= 15 is 0 Å². The Bertz CT molecular complexity index is 1430. The first-order chi connectivity index (χ1) is 16.0. The number of rotatable bonds is 8. The van der Waals surface area contributed by atoms with Gasteiger partial charge in [0.2, 0.25) is 9.84 Å². The summed E-state index contributed by atoms with van der Waals surface area (Å²) in [5, 5.41) is 0. The third-order valence-corrected chi connectivity index (χ3v) is 8.17. The molecule has 0 aromatic heterocycles. The Labute approximate surface area is 202 Å². The maximum Gasteiger partial charge on any atom is 0.206 e. The SMILES string of the molecule is C=C(/C=C\C(=C)S(=O)(=O)c1ccc(Oc2ccc(S(=C)(C)=O)cc2)cc1)C1=CCC=C(C)C=C1. The van der Waals surface area contributed by atoms with Crippen LogP contribution in [0.5, 0.6) is 11.5 Å². The van der Waals surface area contributed by atoms with E-state index in [-0.39, 0.29) is 9.80 Å². The summed E-state index contributed by atoms with van der Waals surface area (Å²) in [5.41, 5.74) is 2.83.